The molecule has 0 nitrogen and oxygen atoms in total. The van der Waals surface area contributed by atoms with Crippen LogP contribution in [-0.4, -0.2) is 10.2 Å². The normalized spacial score (nSPS) is 10.6. The molecule has 0 spiro atoms. The lowest BCUT2D eigenvalue weighted by Gasteiger charge is -2.03. The van der Waals surface area contributed by atoms with Gasteiger partial charge < -0.3 is 0 Å². The van der Waals surface area contributed by atoms with Crippen LogP contribution < -0.4 is 0 Å². The molecule has 0 aliphatic rings. The maximum absolute atomic E-state index is 5.85. The molecule has 0 aliphatic heterocycles. The van der Waals surface area contributed by atoms with Gasteiger partial charge in [-0.1, -0.05) is 40.8 Å². The maximum Gasteiger partial charge on any atom is 0.0778 e. The molecule has 0 N–H and O–H groups in total. The molecule has 0 atom stereocenters. The zero-order valence-electron chi connectivity index (χ0n) is 6.70. The van der Waals surface area contributed by atoms with Crippen molar-refractivity contribution in [1.82, 2.24) is 0 Å². The van der Waals surface area contributed by atoms with Crippen LogP contribution in [-0.2, 0) is 6.42 Å². The van der Waals surface area contributed by atoms with Gasteiger partial charge in [-0.2, -0.15) is 0 Å². The summed E-state index contributed by atoms with van der Waals surface area (Å²) in [6, 6.07) is 4.98. The molecular weight excluding hydrogens is 231 g/mol. The van der Waals surface area contributed by atoms with Gasteiger partial charge in [-0.3, -0.25) is 0 Å². The highest BCUT2D eigenvalue weighted by Gasteiger charge is 2.04. The summed E-state index contributed by atoms with van der Waals surface area (Å²) in [4.78, 5) is 0. The molecule has 1 aromatic carbocycles. The Morgan fingerprint density at radius 3 is 2.00 bits per heavy atom. The summed E-state index contributed by atoms with van der Waals surface area (Å²) in [5, 5.41) is 1.55. The Hall–Kier alpha value is 0.307. The monoisotopic (exact) mass is 238 g/mol. The largest absolute Gasteiger partial charge is 0.0826 e. The van der Waals surface area contributed by atoms with Gasteiger partial charge in [-0.05, 0) is 24.1 Å². The van der Waals surface area contributed by atoms with Crippen LogP contribution in [0.25, 0.3) is 0 Å². The number of hydrogen-bond donors (Lipinski definition) is 0. The van der Waals surface area contributed by atoms with E-state index >= 15 is 0 Å². The summed E-state index contributed by atoms with van der Waals surface area (Å²) in [5.74, 6) is 0. The van der Waals surface area contributed by atoms with E-state index in [1.165, 1.54) is 21.9 Å². The molecule has 1 rings (SSSR count). The molecule has 0 radical (unpaired) electrons. The van der Waals surface area contributed by atoms with Crippen molar-refractivity contribution in [1.29, 1.82) is 0 Å². The molecule has 66 valence electrons. The van der Waals surface area contributed by atoms with Crippen LogP contribution in [0.15, 0.2) is 12.1 Å². The predicted octanol–water partition coefficient (Wildman–Crippen LogP) is 2.97. The van der Waals surface area contributed by atoms with Gasteiger partial charge in [0, 0.05) is 10.2 Å². The standard InChI is InChI=1S/C8H9Cl3Si/c9-6-3-5(1-2-12)4-7(10)8(6)11/h3-4H,1-2H2,12H3. The minimum atomic E-state index is 0.454. The summed E-state index contributed by atoms with van der Waals surface area (Å²) in [5.41, 5.74) is 1.17. The fraction of sp³-hybridized carbons (Fsp3) is 0.250. The molecule has 1 aromatic rings. The molecule has 12 heavy (non-hydrogen) atoms. The second-order valence-corrected chi connectivity index (χ2v) is 4.82. The fourth-order valence-corrected chi connectivity index (χ4v) is 2.26. The first-order valence-corrected chi connectivity index (χ1v) is 6.33. The molecular formula is C8H9Cl3Si. The highest BCUT2D eigenvalue weighted by atomic mass is 35.5. The van der Waals surface area contributed by atoms with E-state index in [9.17, 15) is 0 Å². The molecule has 0 fully saturated rings. The van der Waals surface area contributed by atoms with Crippen molar-refractivity contribution in [2.45, 2.75) is 12.5 Å². The highest BCUT2D eigenvalue weighted by molar-refractivity contribution is 6.48. The molecule has 0 amide bonds. The van der Waals surface area contributed by atoms with Crippen LogP contribution in [0.2, 0.25) is 21.1 Å². The van der Waals surface area contributed by atoms with Gasteiger partial charge >= 0.3 is 0 Å². The first kappa shape index (κ1) is 10.4. The second-order valence-electron chi connectivity index (χ2n) is 2.62. The van der Waals surface area contributed by atoms with E-state index < -0.39 is 0 Å². The van der Waals surface area contributed by atoms with Crippen molar-refractivity contribution in [3.05, 3.63) is 32.8 Å². The van der Waals surface area contributed by atoms with Gasteiger partial charge in [-0.15, -0.1) is 0 Å². The number of aryl methyl sites for hydroxylation is 1. The lowest BCUT2D eigenvalue weighted by Crippen LogP contribution is -1.85. The van der Waals surface area contributed by atoms with Gasteiger partial charge in [0.15, 0.2) is 0 Å². The quantitative estimate of drug-likeness (QED) is 0.550. The van der Waals surface area contributed by atoms with Crippen molar-refractivity contribution in [3.63, 3.8) is 0 Å². The van der Waals surface area contributed by atoms with E-state index in [1.807, 2.05) is 12.1 Å². The summed E-state index contributed by atoms with van der Waals surface area (Å²) >= 11 is 17.5. The number of rotatable bonds is 2. The Balaban J connectivity index is 3.04. The third kappa shape index (κ3) is 2.40. The Morgan fingerprint density at radius 1 is 1.08 bits per heavy atom. The van der Waals surface area contributed by atoms with E-state index in [0.717, 1.165) is 6.42 Å². The third-order valence-corrected chi connectivity index (χ3v) is 3.28. The van der Waals surface area contributed by atoms with Crippen molar-refractivity contribution in [2.24, 2.45) is 0 Å². The van der Waals surface area contributed by atoms with Crippen LogP contribution in [0.3, 0.4) is 0 Å². The molecule has 0 saturated heterocycles. The van der Waals surface area contributed by atoms with Crippen molar-refractivity contribution in [2.75, 3.05) is 0 Å². The van der Waals surface area contributed by atoms with Crippen molar-refractivity contribution >= 4 is 45.0 Å². The minimum Gasteiger partial charge on any atom is -0.0826 e. The molecule has 0 aliphatic carbocycles. The van der Waals surface area contributed by atoms with E-state index in [1.54, 1.807) is 0 Å². The van der Waals surface area contributed by atoms with Gasteiger partial charge in [-0.25, -0.2) is 0 Å². The number of hydrogen-bond acceptors (Lipinski definition) is 0. The van der Waals surface area contributed by atoms with Gasteiger partial charge in [0.2, 0.25) is 0 Å². The lowest BCUT2D eigenvalue weighted by molar-refractivity contribution is 1.13. The fourth-order valence-electron chi connectivity index (χ4n) is 1.04. The minimum absolute atomic E-state index is 0.454. The smallest absolute Gasteiger partial charge is 0.0778 e. The number of benzene rings is 1. The summed E-state index contributed by atoms with van der Waals surface area (Å²) in [6.07, 6.45) is 1.04. The lowest BCUT2D eigenvalue weighted by atomic mass is 10.2. The molecule has 0 saturated carbocycles. The Morgan fingerprint density at radius 2 is 1.58 bits per heavy atom. The zero-order chi connectivity index (χ0) is 9.14. The Labute approximate surface area is 90.2 Å². The van der Waals surface area contributed by atoms with E-state index in [2.05, 4.69) is 0 Å². The van der Waals surface area contributed by atoms with Crippen LogP contribution >= 0.6 is 34.8 Å². The van der Waals surface area contributed by atoms with E-state index in [-0.39, 0.29) is 0 Å². The van der Waals surface area contributed by atoms with Crippen LogP contribution in [0.4, 0.5) is 0 Å². The van der Waals surface area contributed by atoms with E-state index in [4.69, 9.17) is 34.8 Å². The van der Waals surface area contributed by atoms with Gasteiger partial charge in [0.25, 0.3) is 0 Å². The van der Waals surface area contributed by atoms with Gasteiger partial charge in [0.1, 0.15) is 0 Å². The Bertz CT molecular complexity index is 263. The molecule has 4 heteroatoms. The first-order valence-electron chi connectivity index (χ1n) is 3.78. The molecule has 0 heterocycles. The first-order chi connectivity index (χ1) is 5.65. The van der Waals surface area contributed by atoms with Crippen molar-refractivity contribution < 1.29 is 0 Å². The van der Waals surface area contributed by atoms with Crippen LogP contribution in [0, 0.1) is 0 Å². The van der Waals surface area contributed by atoms with Crippen molar-refractivity contribution in [3.8, 4) is 0 Å². The maximum atomic E-state index is 5.85. The SMILES string of the molecule is [SiH3]CCc1cc(Cl)c(Cl)c(Cl)c1. The Kier molecular flexibility index (Phi) is 3.91. The second kappa shape index (κ2) is 4.52. The van der Waals surface area contributed by atoms with Crippen LogP contribution in [0.5, 0.6) is 0 Å². The third-order valence-electron chi connectivity index (χ3n) is 1.58. The van der Waals surface area contributed by atoms with Gasteiger partial charge in [0.05, 0.1) is 15.1 Å². The summed E-state index contributed by atoms with van der Waals surface area (Å²) in [7, 11) is 1.20. The number of halogens is 3. The topological polar surface area (TPSA) is 0 Å². The highest BCUT2D eigenvalue weighted by Crippen LogP contribution is 2.31. The molecule has 0 aromatic heterocycles. The average molecular weight is 240 g/mol. The zero-order valence-corrected chi connectivity index (χ0v) is 11.0. The summed E-state index contributed by atoms with van der Waals surface area (Å²) < 4.78 is 0. The molecule has 0 unspecified atom stereocenters. The van der Waals surface area contributed by atoms with E-state index in [0.29, 0.717) is 15.1 Å². The average Bonchev–Trinajstić information content (AvgIpc) is 2.01. The predicted molar refractivity (Wildman–Crippen MR) is 59.9 cm³/mol. The molecule has 0 bridgehead atoms. The summed E-state index contributed by atoms with van der Waals surface area (Å²) in [6.45, 7) is 0. The van der Waals surface area contributed by atoms with Crippen LogP contribution in [0.1, 0.15) is 5.56 Å².